The van der Waals surface area contributed by atoms with E-state index in [1.807, 2.05) is 23.1 Å². The molecule has 0 aliphatic carbocycles. The number of alkyl carbamates (subject to hydrolysis) is 1. The van der Waals surface area contributed by atoms with E-state index in [-0.39, 0.29) is 29.1 Å². The lowest BCUT2D eigenvalue weighted by Gasteiger charge is -2.34. The minimum atomic E-state index is -1.43. The van der Waals surface area contributed by atoms with Crippen LogP contribution in [0.15, 0.2) is 41.2 Å². The van der Waals surface area contributed by atoms with Gasteiger partial charge in [-0.15, -0.1) is 0 Å². The molecule has 2 aromatic carbocycles. The van der Waals surface area contributed by atoms with Crippen molar-refractivity contribution in [2.45, 2.75) is 51.8 Å². The van der Waals surface area contributed by atoms with Crippen molar-refractivity contribution in [3.05, 3.63) is 68.7 Å². The maximum absolute atomic E-state index is 14.9. The van der Waals surface area contributed by atoms with Gasteiger partial charge in [0.15, 0.2) is 0 Å². The Labute approximate surface area is 240 Å². The Morgan fingerprint density at radius 3 is 2.66 bits per heavy atom. The Morgan fingerprint density at radius 2 is 1.98 bits per heavy atom. The van der Waals surface area contributed by atoms with Crippen molar-refractivity contribution >= 4 is 51.5 Å². The predicted molar refractivity (Wildman–Crippen MR) is 155 cm³/mol. The van der Waals surface area contributed by atoms with Crippen LogP contribution in [0, 0.1) is 5.82 Å². The van der Waals surface area contributed by atoms with E-state index in [1.54, 1.807) is 31.4 Å². The number of aryl methyl sites for hydroxylation is 1. The fourth-order valence-electron chi connectivity index (χ4n) is 5.25. The van der Waals surface area contributed by atoms with Crippen molar-refractivity contribution in [1.82, 2.24) is 19.4 Å². The van der Waals surface area contributed by atoms with Crippen molar-refractivity contribution in [2.24, 2.45) is 7.05 Å². The molecule has 3 heterocycles. The number of amides is 1. The molecule has 2 aromatic heterocycles. The van der Waals surface area contributed by atoms with Crippen LogP contribution in [-0.4, -0.2) is 56.0 Å². The monoisotopic (exact) mass is 583 g/mol. The van der Waals surface area contributed by atoms with Gasteiger partial charge in [0, 0.05) is 36.6 Å². The molecule has 0 radical (unpaired) electrons. The molecule has 2 N–H and O–H groups in total. The van der Waals surface area contributed by atoms with Gasteiger partial charge < -0.3 is 29.2 Å². The summed E-state index contributed by atoms with van der Waals surface area (Å²) >= 11 is 6.50. The van der Waals surface area contributed by atoms with Crippen molar-refractivity contribution < 1.29 is 23.8 Å². The Hall–Kier alpha value is -4.12. The molecule has 1 aliphatic rings. The van der Waals surface area contributed by atoms with Gasteiger partial charge in [0.05, 0.1) is 17.6 Å². The molecule has 10 nitrogen and oxygen atoms in total. The first-order valence-corrected chi connectivity index (χ1v) is 13.7. The van der Waals surface area contributed by atoms with E-state index >= 15 is 0 Å². The maximum atomic E-state index is 14.9. The molecular weight excluding hydrogens is 553 g/mol. The van der Waals surface area contributed by atoms with E-state index in [1.165, 1.54) is 11.6 Å². The van der Waals surface area contributed by atoms with Gasteiger partial charge >= 0.3 is 12.1 Å². The van der Waals surface area contributed by atoms with Gasteiger partial charge in [-0.25, -0.2) is 19.0 Å². The van der Waals surface area contributed by atoms with E-state index < -0.39 is 34.6 Å². The van der Waals surface area contributed by atoms with Crippen LogP contribution in [0.5, 0.6) is 0 Å². The number of piperidine rings is 1. The highest BCUT2D eigenvalue weighted by molar-refractivity contribution is 6.31. The van der Waals surface area contributed by atoms with Gasteiger partial charge in [0.25, 0.3) is 5.56 Å². The van der Waals surface area contributed by atoms with Gasteiger partial charge in [-0.3, -0.25) is 4.79 Å². The van der Waals surface area contributed by atoms with Gasteiger partial charge in [-0.05, 0) is 57.4 Å². The molecule has 0 bridgehead atoms. The number of carboxylic acid groups (broad SMARTS) is 1. The van der Waals surface area contributed by atoms with Crippen LogP contribution in [0.4, 0.5) is 15.1 Å². The normalized spacial score (nSPS) is 15.9. The van der Waals surface area contributed by atoms with Crippen LogP contribution in [-0.2, 0) is 18.3 Å². The number of rotatable bonds is 5. The first kappa shape index (κ1) is 28.4. The lowest BCUT2D eigenvalue weighted by molar-refractivity contribution is 0.0499. The third-order valence-electron chi connectivity index (χ3n) is 7.10. The van der Waals surface area contributed by atoms with Gasteiger partial charge in [0.2, 0.25) is 5.95 Å². The van der Waals surface area contributed by atoms with Crippen LogP contribution in [0.2, 0.25) is 5.02 Å². The van der Waals surface area contributed by atoms with Crippen LogP contribution in [0.3, 0.4) is 0 Å². The summed E-state index contributed by atoms with van der Waals surface area (Å²) in [7, 11) is 1.52. The summed E-state index contributed by atoms with van der Waals surface area (Å²) in [5.74, 6) is -1.89. The summed E-state index contributed by atoms with van der Waals surface area (Å²) in [4.78, 5) is 44.7. The molecule has 1 fully saturated rings. The number of nitrogens with zero attached hydrogens (tertiary/aromatic N) is 4. The third-order valence-corrected chi connectivity index (χ3v) is 7.47. The standard InChI is InChI=1S/C29H31ClFN5O5/c1-29(2,3)41-28(40)32-17-9-7-11-35(15-17)27-33-23-19-12-21(31)18(26(38)39)13-22(19)34(4)25(37)24(23)36(27)14-16-8-5-6-10-20(16)30/h5-6,8,10,12-13,17H,7,9,11,14-15H2,1-4H3,(H,32,40)(H,38,39)/t17-/m1/s1. The fraction of sp³-hybridized carbons (Fsp3) is 0.379. The number of pyridine rings is 1. The van der Waals surface area contributed by atoms with E-state index in [0.29, 0.717) is 29.4 Å². The van der Waals surface area contributed by atoms with Crippen LogP contribution in [0.1, 0.15) is 49.5 Å². The number of carbonyl (C=O) groups is 2. The number of benzene rings is 2. The summed E-state index contributed by atoms with van der Waals surface area (Å²) in [6.45, 7) is 6.61. The molecule has 0 spiro atoms. The highest BCUT2D eigenvalue weighted by Gasteiger charge is 2.29. The van der Waals surface area contributed by atoms with Crippen molar-refractivity contribution in [3.8, 4) is 0 Å². The topological polar surface area (TPSA) is 119 Å². The maximum Gasteiger partial charge on any atom is 0.407 e. The summed E-state index contributed by atoms with van der Waals surface area (Å²) in [5, 5.41) is 13.2. The lowest BCUT2D eigenvalue weighted by atomic mass is 10.1. The minimum absolute atomic E-state index is 0.211. The Kier molecular flexibility index (Phi) is 7.41. The molecule has 216 valence electrons. The largest absolute Gasteiger partial charge is 0.478 e. The first-order valence-electron chi connectivity index (χ1n) is 13.3. The van der Waals surface area contributed by atoms with Crippen molar-refractivity contribution in [1.29, 1.82) is 0 Å². The second-order valence-corrected chi connectivity index (χ2v) is 11.6. The molecular formula is C29H31ClFN5O5. The summed E-state index contributed by atoms with van der Waals surface area (Å²) in [6.07, 6.45) is 0.956. The Morgan fingerprint density at radius 1 is 1.24 bits per heavy atom. The zero-order valence-corrected chi connectivity index (χ0v) is 24.0. The number of halogens is 2. The molecule has 0 saturated carbocycles. The zero-order valence-electron chi connectivity index (χ0n) is 23.2. The predicted octanol–water partition coefficient (Wildman–Crippen LogP) is 4.92. The highest BCUT2D eigenvalue weighted by atomic mass is 35.5. The number of carbonyl (C=O) groups excluding carboxylic acids is 1. The number of hydrogen-bond donors (Lipinski definition) is 2. The number of hydrogen-bond acceptors (Lipinski definition) is 6. The number of aromatic nitrogens is 3. The Bertz CT molecular complexity index is 1740. The van der Waals surface area contributed by atoms with E-state index in [4.69, 9.17) is 21.3 Å². The quantitative estimate of drug-likeness (QED) is 0.342. The highest BCUT2D eigenvalue weighted by Crippen LogP contribution is 2.31. The number of fused-ring (bicyclic) bond motifs is 3. The molecule has 1 saturated heterocycles. The van der Waals surface area contributed by atoms with Crippen LogP contribution in [0.25, 0.3) is 21.9 Å². The molecule has 5 rings (SSSR count). The molecule has 1 atom stereocenters. The average Bonchev–Trinajstić information content (AvgIpc) is 3.26. The summed E-state index contributed by atoms with van der Waals surface area (Å²) in [6, 6.07) is 9.30. The number of anilines is 1. The van der Waals surface area contributed by atoms with Gasteiger partial charge in [0.1, 0.15) is 22.5 Å². The number of aromatic carboxylic acids is 1. The van der Waals surface area contributed by atoms with Gasteiger partial charge in [-0.2, -0.15) is 0 Å². The molecule has 1 amide bonds. The summed E-state index contributed by atoms with van der Waals surface area (Å²) < 4.78 is 23.4. The number of nitrogens with one attached hydrogen (secondary N) is 1. The van der Waals surface area contributed by atoms with Crippen molar-refractivity contribution in [2.75, 3.05) is 18.0 Å². The number of carboxylic acids is 1. The van der Waals surface area contributed by atoms with Crippen molar-refractivity contribution in [3.63, 3.8) is 0 Å². The molecule has 4 aromatic rings. The molecule has 1 aliphatic heterocycles. The number of ether oxygens (including phenoxy) is 1. The fourth-order valence-corrected chi connectivity index (χ4v) is 5.44. The second kappa shape index (κ2) is 10.7. The first-order chi connectivity index (χ1) is 19.3. The molecule has 0 unspecified atom stereocenters. The van der Waals surface area contributed by atoms with E-state index in [9.17, 15) is 23.9 Å². The lowest BCUT2D eigenvalue weighted by Crippen LogP contribution is -2.49. The van der Waals surface area contributed by atoms with Gasteiger partial charge in [-0.1, -0.05) is 29.8 Å². The SMILES string of the molecule is Cn1c(=O)c2c(nc(N3CCC[C@@H](NC(=O)OC(C)(C)C)C3)n2Cc2ccccc2Cl)c2cc(F)c(C(=O)O)cc21. The average molecular weight is 584 g/mol. The van der Waals surface area contributed by atoms with Crippen LogP contribution < -0.4 is 15.8 Å². The summed E-state index contributed by atoms with van der Waals surface area (Å²) in [5.41, 5.74) is -0.0969. The number of imidazole rings is 1. The minimum Gasteiger partial charge on any atom is -0.478 e. The third kappa shape index (κ3) is 5.58. The van der Waals surface area contributed by atoms with Crippen LogP contribution >= 0.6 is 11.6 Å². The Balaban J connectivity index is 1.66. The molecule has 12 heteroatoms. The van der Waals surface area contributed by atoms with E-state index in [2.05, 4.69) is 5.32 Å². The molecule has 41 heavy (non-hydrogen) atoms. The smallest absolute Gasteiger partial charge is 0.407 e. The van der Waals surface area contributed by atoms with E-state index in [0.717, 1.165) is 30.5 Å². The zero-order chi connectivity index (χ0) is 29.6. The second-order valence-electron chi connectivity index (χ2n) is 11.2.